The lowest BCUT2D eigenvalue weighted by Gasteiger charge is -2.46. The summed E-state index contributed by atoms with van der Waals surface area (Å²) in [6.45, 7) is 11.7. The first-order chi connectivity index (χ1) is 15.2. The Bertz CT molecular complexity index is 1340. The number of halogens is 1. The van der Waals surface area contributed by atoms with Crippen molar-refractivity contribution in [2.45, 2.75) is 38.8 Å². The van der Waals surface area contributed by atoms with E-state index in [1.807, 2.05) is 61.5 Å². The first-order valence-electron chi connectivity index (χ1n) is 10.7. The minimum Gasteiger partial charge on any atom is -0.459 e. The van der Waals surface area contributed by atoms with E-state index in [2.05, 4.69) is 25.7 Å². The number of ether oxygens (including phenoxy) is 1. The maximum absolute atomic E-state index is 13.1. The lowest BCUT2D eigenvalue weighted by Crippen LogP contribution is -2.63. The summed E-state index contributed by atoms with van der Waals surface area (Å²) in [5.41, 5.74) is 2.24. The number of carbonyl (C=O) groups excluding carboxylic acids is 1. The fourth-order valence-corrected chi connectivity index (χ4v) is 5.13. The van der Waals surface area contributed by atoms with Gasteiger partial charge in [0.15, 0.2) is 5.78 Å². The zero-order valence-electron chi connectivity index (χ0n) is 18.6. The molecule has 2 heterocycles. The highest BCUT2D eigenvalue weighted by atomic mass is 35.5. The van der Waals surface area contributed by atoms with E-state index in [0.717, 1.165) is 27.7 Å². The molecule has 0 amide bonds. The number of carbonyl (C=O) groups is 1. The quantitative estimate of drug-likeness (QED) is 0.450. The molecule has 162 valence electrons. The van der Waals surface area contributed by atoms with E-state index >= 15 is 0 Å². The van der Waals surface area contributed by atoms with E-state index in [1.165, 1.54) is 0 Å². The molecule has 2 aliphatic rings. The third kappa shape index (κ3) is 2.75. The third-order valence-electron chi connectivity index (χ3n) is 6.79. The van der Waals surface area contributed by atoms with Gasteiger partial charge in [-0.3, -0.25) is 4.79 Å². The number of ketones is 1. The largest absolute Gasteiger partial charge is 0.459 e. The average Bonchev–Trinajstić information content (AvgIpc) is 2.98. The first-order valence-corrected chi connectivity index (χ1v) is 11.1. The molecule has 0 radical (unpaired) electrons. The van der Waals surface area contributed by atoms with E-state index in [-0.39, 0.29) is 5.78 Å². The Labute approximate surface area is 193 Å². The number of nitrogens with one attached hydrogen (secondary N) is 1. The van der Waals surface area contributed by atoms with Crippen LogP contribution >= 0.6 is 11.6 Å². The Morgan fingerprint density at radius 3 is 2.66 bits per heavy atom. The summed E-state index contributed by atoms with van der Waals surface area (Å²) < 4.78 is 6.82. The normalized spacial score (nSPS) is 21.2. The molecule has 0 bridgehead atoms. The van der Waals surface area contributed by atoms with Crippen LogP contribution in [0.3, 0.4) is 0 Å². The highest BCUT2D eigenvalue weighted by Crippen LogP contribution is 2.54. The summed E-state index contributed by atoms with van der Waals surface area (Å²) in [4.78, 5) is 18.3. The molecule has 4 nitrogen and oxygen atoms in total. The number of hydrogen-bond acceptors (Lipinski definition) is 4. The first kappa shape index (κ1) is 20.8. The number of Topliss-reactive ketones (excluding diaryl/α,β-unsaturated/α-hetero) is 1. The molecule has 5 rings (SSSR count). The molecule has 0 aromatic heterocycles. The van der Waals surface area contributed by atoms with Gasteiger partial charge in [-0.05, 0) is 68.5 Å². The average molecular weight is 445 g/mol. The summed E-state index contributed by atoms with van der Waals surface area (Å²) in [5, 5.41) is 6.30. The number of anilines is 1. The molecule has 3 aromatic carbocycles. The minimum absolute atomic E-state index is 0.0537. The number of allylic oxidation sites excluding steroid dienone is 1. The van der Waals surface area contributed by atoms with Crippen molar-refractivity contribution in [3.8, 4) is 5.75 Å². The second-order valence-corrected chi connectivity index (χ2v) is 9.66. The van der Waals surface area contributed by atoms with E-state index in [9.17, 15) is 4.79 Å². The summed E-state index contributed by atoms with van der Waals surface area (Å²) in [5.74, 6) is 0.111. The van der Waals surface area contributed by atoms with Crippen LogP contribution in [0.2, 0.25) is 5.02 Å². The topological polar surface area (TPSA) is 50.7 Å². The Hall–Kier alpha value is -3.11. The molecule has 0 saturated heterocycles. The molecule has 3 aromatic rings. The number of nitrogens with zero attached hydrogens (tertiary/aromatic N) is 1. The van der Waals surface area contributed by atoms with Gasteiger partial charge >= 0.3 is 0 Å². The van der Waals surface area contributed by atoms with Crippen molar-refractivity contribution in [3.63, 3.8) is 0 Å². The molecule has 2 aliphatic heterocycles. The van der Waals surface area contributed by atoms with Crippen molar-refractivity contribution < 1.29 is 9.53 Å². The van der Waals surface area contributed by atoms with Crippen LogP contribution in [0.1, 0.15) is 33.3 Å². The summed E-state index contributed by atoms with van der Waals surface area (Å²) in [6, 6.07) is 17.8. The molecule has 1 spiro atoms. The maximum atomic E-state index is 13.1. The highest BCUT2D eigenvalue weighted by Gasteiger charge is 2.61. The number of hydrogen-bond donors (Lipinski definition) is 1. The van der Waals surface area contributed by atoms with Gasteiger partial charge in [-0.15, -0.1) is 0 Å². The molecule has 2 atom stereocenters. The Kier molecular flexibility index (Phi) is 4.51. The Morgan fingerprint density at radius 1 is 1.16 bits per heavy atom. The van der Waals surface area contributed by atoms with Gasteiger partial charge in [-0.25, -0.2) is 4.99 Å². The van der Waals surface area contributed by atoms with E-state index in [0.29, 0.717) is 22.1 Å². The van der Waals surface area contributed by atoms with Crippen molar-refractivity contribution in [2.75, 3.05) is 5.32 Å². The van der Waals surface area contributed by atoms with Gasteiger partial charge < -0.3 is 10.1 Å². The molecule has 0 saturated carbocycles. The smallest absolute Gasteiger partial charge is 0.230 e. The third-order valence-corrected chi connectivity index (χ3v) is 7.02. The van der Waals surface area contributed by atoms with E-state index < -0.39 is 17.1 Å². The van der Waals surface area contributed by atoms with E-state index in [1.54, 1.807) is 6.92 Å². The summed E-state index contributed by atoms with van der Waals surface area (Å²) >= 11 is 6.35. The molecular formula is C27H25ClN2O2. The van der Waals surface area contributed by atoms with Crippen LogP contribution in [-0.4, -0.2) is 17.2 Å². The SMILES string of the molecule is C=C(C)C(=O)C(C)C1=Nc2c(ccc3ccccc23)OC12Nc1ccc(Cl)cc1C2(C)C. The molecule has 1 N–H and O–H groups in total. The molecule has 5 heteroatoms. The van der Waals surface area contributed by atoms with Crippen molar-refractivity contribution in [2.24, 2.45) is 10.9 Å². The maximum Gasteiger partial charge on any atom is 0.230 e. The molecular weight excluding hydrogens is 420 g/mol. The van der Waals surface area contributed by atoms with Gasteiger partial charge in [0.05, 0.1) is 17.0 Å². The van der Waals surface area contributed by atoms with E-state index in [4.69, 9.17) is 21.3 Å². The number of fused-ring (bicyclic) bond motifs is 4. The van der Waals surface area contributed by atoms with Crippen LogP contribution < -0.4 is 10.1 Å². The van der Waals surface area contributed by atoms with Crippen LogP contribution in [0, 0.1) is 5.92 Å². The van der Waals surface area contributed by atoms with Gasteiger partial charge in [-0.1, -0.05) is 48.5 Å². The lowest BCUT2D eigenvalue weighted by molar-refractivity contribution is -0.117. The lowest BCUT2D eigenvalue weighted by atomic mass is 9.71. The van der Waals surface area contributed by atoms with Gasteiger partial charge in [0.1, 0.15) is 11.4 Å². The minimum atomic E-state index is -1.04. The van der Waals surface area contributed by atoms with Crippen LogP contribution in [0.15, 0.2) is 71.7 Å². The number of rotatable bonds is 3. The van der Waals surface area contributed by atoms with Gasteiger partial charge in [0.25, 0.3) is 0 Å². The predicted octanol–water partition coefficient (Wildman–Crippen LogP) is 6.84. The fraction of sp³-hybridized carbons (Fsp3) is 0.259. The van der Waals surface area contributed by atoms with Crippen LogP contribution in [0.4, 0.5) is 11.4 Å². The van der Waals surface area contributed by atoms with Gasteiger partial charge in [-0.2, -0.15) is 0 Å². The second kappa shape index (κ2) is 6.94. The van der Waals surface area contributed by atoms with Crippen LogP contribution in [0.5, 0.6) is 5.75 Å². The standard InChI is InChI=1S/C27H25ClN2O2/c1-15(2)24(31)16(3)25-27(26(4,5)20-14-18(28)11-12-21(20)30-27)32-22-13-10-17-8-6-7-9-19(17)23(22)29-25/h6-14,16,30H,1H2,2-5H3. The molecule has 0 aliphatic carbocycles. The van der Waals surface area contributed by atoms with Crippen molar-refractivity contribution in [1.82, 2.24) is 0 Å². The predicted molar refractivity (Wildman–Crippen MR) is 131 cm³/mol. The summed E-state index contributed by atoms with van der Waals surface area (Å²) in [6.07, 6.45) is 0. The van der Waals surface area contributed by atoms with Gasteiger partial charge in [0, 0.05) is 16.1 Å². The van der Waals surface area contributed by atoms with Crippen molar-refractivity contribution in [1.29, 1.82) is 0 Å². The molecule has 32 heavy (non-hydrogen) atoms. The number of benzene rings is 3. The van der Waals surface area contributed by atoms with Crippen LogP contribution in [0.25, 0.3) is 10.8 Å². The molecule has 2 unspecified atom stereocenters. The Balaban J connectivity index is 1.79. The van der Waals surface area contributed by atoms with Crippen molar-refractivity contribution >= 4 is 45.2 Å². The monoisotopic (exact) mass is 444 g/mol. The highest BCUT2D eigenvalue weighted by molar-refractivity contribution is 6.30. The fourth-order valence-electron chi connectivity index (χ4n) is 4.96. The zero-order valence-corrected chi connectivity index (χ0v) is 19.4. The zero-order chi connectivity index (χ0) is 22.8. The van der Waals surface area contributed by atoms with Gasteiger partial charge in [0.2, 0.25) is 5.72 Å². The Morgan fingerprint density at radius 2 is 1.91 bits per heavy atom. The van der Waals surface area contributed by atoms with Crippen LogP contribution in [-0.2, 0) is 10.2 Å². The molecule has 0 fully saturated rings. The second-order valence-electron chi connectivity index (χ2n) is 9.22. The number of aliphatic imine (C=N–C) groups is 1. The summed E-state index contributed by atoms with van der Waals surface area (Å²) in [7, 11) is 0. The van der Waals surface area contributed by atoms with Crippen molar-refractivity contribution in [3.05, 3.63) is 77.3 Å².